The molecule has 1 atom stereocenters. The maximum absolute atomic E-state index is 13.9. The first-order chi connectivity index (χ1) is 8.39. The zero-order chi connectivity index (χ0) is 13.8. The fourth-order valence-corrected chi connectivity index (χ4v) is 1.84. The molecule has 2 nitrogen and oxygen atoms in total. The third-order valence-corrected chi connectivity index (χ3v) is 3.15. The number of benzene rings is 1. The summed E-state index contributed by atoms with van der Waals surface area (Å²) in [6.07, 6.45) is 0. The van der Waals surface area contributed by atoms with Crippen LogP contribution in [0, 0.1) is 0 Å². The van der Waals surface area contributed by atoms with Crippen LogP contribution < -0.4 is 34.7 Å². The van der Waals surface area contributed by atoms with Crippen molar-refractivity contribution in [1.82, 2.24) is 0 Å². The van der Waals surface area contributed by atoms with E-state index in [4.69, 9.17) is 0 Å². The summed E-state index contributed by atoms with van der Waals surface area (Å²) >= 11 is 0. The van der Waals surface area contributed by atoms with Gasteiger partial charge in [-0.3, -0.25) is 0 Å². The molecule has 0 saturated carbocycles. The molecule has 0 aliphatic rings. The molecule has 1 unspecified atom stereocenters. The first kappa shape index (κ1) is 19.0. The van der Waals surface area contributed by atoms with Crippen LogP contribution in [0.15, 0.2) is 35.8 Å². The van der Waals surface area contributed by atoms with Crippen LogP contribution in [-0.4, -0.2) is 7.11 Å². The quantitative estimate of drug-likeness (QED) is 0.446. The Hall–Kier alpha value is 0.01000. The SMILES string of the molecule is COP/C=C(\[O-])C(F)(F)c1cccc(C(C)C)c1.[Na+]. The van der Waals surface area contributed by atoms with Gasteiger partial charge in [-0.05, 0) is 23.4 Å². The summed E-state index contributed by atoms with van der Waals surface area (Å²) in [5, 5.41) is 11.4. The Balaban J connectivity index is 0.00000324. The number of hydrogen-bond acceptors (Lipinski definition) is 2. The third kappa shape index (κ3) is 5.13. The van der Waals surface area contributed by atoms with Gasteiger partial charge in [0.15, 0.2) is 0 Å². The Labute approximate surface area is 136 Å². The number of hydrogen-bond donors (Lipinski definition) is 0. The summed E-state index contributed by atoms with van der Waals surface area (Å²) < 4.78 is 32.4. The molecular weight excluding hydrogens is 280 g/mol. The predicted octanol–water partition coefficient (Wildman–Crippen LogP) is 0.347. The van der Waals surface area contributed by atoms with E-state index in [1.165, 1.54) is 19.2 Å². The van der Waals surface area contributed by atoms with Crippen molar-refractivity contribution in [1.29, 1.82) is 0 Å². The fraction of sp³-hybridized carbons (Fsp3) is 0.385. The Morgan fingerprint density at radius 1 is 1.42 bits per heavy atom. The van der Waals surface area contributed by atoms with Gasteiger partial charge in [0.25, 0.3) is 5.92 Å². The number of alkyl halides is 2. The van der Waals surface area contributed by atoms with Gasteiger partial charge in [0.05, 0.1) is 0 Å². The van der Waals surface area contributed by atoms with Crippen LogP contribution >= 0.6 is 8.81 Å². The van der Waals surface area contributed by atoms with Gasteiger partial charge in [-0.1, -0.05) is 37.8 Å². The normalized spacial score (nSPS) is 13.1. The van der Waals surface area contributed by atoms with E-state index in [2.05, 4.69) is 4.52 Å². The topological polar surface area (TPSA) is 32.3 Å². The van der Waals surface area contributed by atoms with Gasteiger partial charge < -0.3 is 9.63 Å². The minimum absolute atomic E-state index is 0. The molecule has 0 aromatic heterocycles. The van der Waals surface area contributed by atoms with Gasteiger partial charge >= 0.3 is 29.6 Å². The van der Waals surface area contributed by atoms with Crippen LogP contribution in [0.4, 0.5) is 8.78 Å². The molecule has 0 saturated heterocycles. The molecule has 6 heteroatoms. The largest absolute Gasteiger partial charge is 1.00 e. The molecule has 1 aromatic rings. The zero-order valence-corrected chi connectivity index (χ0v) is 14.5. The van der Waals surface area contributed by atoms with Crippen LogP contribution in [0.3, 0.4) is 0 Å². The second-order valence-corrected chi connectivity index (χ2v) is 5.12. The maximum Gasteiger partial charge on any atom is 1.00 e. The van der Waals surface area contributed by atoms with Crippen LogP contribution in [0.25, 0.3) is 0 Å². The van der Waals surface area contributed by atoms with Gasteiger partial charge in [-0.2, -0.15) is 8.78 Å². The molecule has 0 aliphatic heterocycles. The second kappa shape index (κ2) is 8.33. The molecule has 0 heterocycles. The fourth-order valence-electron chi connectivity index (χ4n) is 1.44. The van der Waals surface area contributed by atoms with E-state index in [1.54, 1.807) is 12.1 Å². The summed E-state index contributed by atoms with van der Waals surface area (Å²) in [4.78, 5) is 0. The van der Waals surface area contributed by atoms with Gasteiger partial charge in [-0.15, -0.1) is 0 Å². The number of allylic oxidation sites excluding steroid dienone is 1. The van der Waals surface area contributed by atoms with Crippen molar-refractivity contribution in [2.45, 2.75) is 25.7 Å². The van der Waals surface area contributed by atoms with Crippen molar-refractivity contribution >= 4 is 8.81 Å². The van der Waals surface area contributed by atoms with Gasteiger partial charge in [0.1, 0.15) is 0 Å². The predicted molar refractivity (Wildman–Crippen MR) is 67.8 cm³/mol. The summed E-state index contributed by atoms with van der Waals surface area (Å²) in [5.74, 6) is -3.68. The van der Waals surface area contributed by atoms with Crippen molar-refractivity contribution in [3.05, 3.63) is 47.0 Å². The minimum Gasteiger partial charge on any atom is -0.871 e. The van der Waals surface area contributed by atoms with Crippen molar-refractivity contribution < 1.29 is 48.0 Å². The number of rotatable bonds is 5. The van der Waals surface area contributed by atoms with Gasteiger partial charge in [-0.25, -0.2) is 0 Å². The van der Waals surface area contributed by atoms with E-state index in [0.29, 0.717) is 0 Å². The Bertz CT molecular complexity index is 436. The Kier molecular flexibility index (Phi) is 8.34. The summed E-state index contributed by atoms with van der Waals surface area (Å²) in [6.45, 7) is 3.83. The molecule has 0 fully saturated rings. The van der Waals surface area contributed by atoms with Crippen LogP contribution in [0.2, 0.25) is 0 Å². The summed E-state index contributed by atoms with van der Waals surface area (Å²) in [6, 6.07) is 5.97. The Morgan fingerprint density at radius 3 is 2.58 bits per heavy atom. The zero-order valence-electron chi connectivity index (χ0n) is 11.5. The summed E-state index contributed by atoms with van der Waals surface area (Å²) in [5.41, 5.74) is 0.519. The monoisotopic (exact) mass is 296 g/mol. The first-order valence-corrected chi connectivity index (χ1v) is 6.52. The van der Waals surface area contributed by atoms with E-state index in [1.807, 2.05) is 13.8 Å². The van der Waals surface area contributed by atoms with Crippen LogP contribution in [0.5, 0.6) is 0 Å². The molecule has 0 aliphatic carbocycles. The van der Waals surface area contributed by atoms with Crippen molar-refractivity contribution in [2.75, 3.05) is 7.11 Å². The van der Waals surface area contributed by atoms with E-state index < -0.39 is 11.7 Å². The van der Waals surface area contributed by atoms with E-state index in [9.17, 15) is 13.9 Å². The molecule has 0 N–H and O–H groups in total. The molecular formula is C13H16F2NaO2P. The smallest absolute Gasteiger partial charge is 0.871 e. The maximum atomic E-state index is 13.9. The van der Waals surface area contributed by atoms with E-state index >= 15 is 0 Å². The van der Waals surface area contributed by atoms with Crippen molar-refractivity contribution in [2.24, 2.45) is 0 Å². The molecule has 1 aromatic carbocycles. The molecule has 0 radical (unpaired) electrons. The minimum atomic E-state index is -3.49. The Morgan fingerprint density at radius 2 is 2.05 bits per heavy atom. The molecule has 0 bridgehead atoms. The van der Waals surface area contributed by atoms with Crippen LogP contribution in [-0.2, 0) is 10.4 Å². The van der Waals surface area contributed by atoms with Crippen molar-refractivity contribution in [3.8, 4) is 0 Å². The molecule has 1 rings (SSSR count). The second-order valence-electron chi connectivity index (χ2n) is 4.19. The molecule has 0 spiro atoms. The molecule has 0 amide bonds. The molecule has 19 heavy (non-hydrogen) atoms. The standard InChI is InChI=1S/C13H17F2O2P.Na/c1-9(2)10-5-4-6-11(7-10)13(14,15)12(16)8-18-17-3;/h4-9,16,18H,1-3H3;/q;+1/p-1/b12-8-;. The van der Waals surface area contributed by atoms with E-state index in [0.717, 1.165) is 11.4 Å². The third-order valence-electron chi connectivity index (χ3n) is 2.53. The van der Waals surface area contributed by atoms with Gasteiger partial charge in [0, 0.05) is 21.5 Å². The first-order valence-electron chi connectivity index (χ1n) is 5.54. The van der Waals surface area contributed by atoms with E-state index in [-0.39, 0.29) is 49.8 Å². The molecule has 100 valence electrons. The number of halogens is 2. The summed E-state index contributed by atoms with van der Waals surface area (Å²) in [7, 11) is 1.01. The van der Waals surface area contributed by atoms with Crippen LogP contribution in [0.1, 0.15) is 30.9 Å². The average molecular weight is 296 g/mol. The van der Waals surface area contributed by atoms with Gasteiger partial charge in [0.2, 0.25) is 0 Å². The average Bonchev–Trinajstić information content (AvgIpc) is 2.35. The van der Waals surface area contributed by atoms with Crippen molar-refractivity contribution in [3.63, 3.8) is 0 Å².